The van der Waals surface area contributed by atoms with Crippen molar-refractivity contribution < 1.29 is 19.7 Å². The Hall–Kier alpha value is -3.47. The molecule has 0 unspecified atom stereocenters. The summed E-state index contributed by atoms with van der Waals surface area (Å²) in [5, 5.41) is 30.9. The Bertz CT molecular complexity index is 1180. The minimum atomic E-state index is -0.437. The van der Waals surface area contributed by atoms with Crippen molar-refractivity contribution in [3.8, 4) is 28.6 Å². The number of nitrogens with zero attached hydrogens (tertiary/aromatic N) is 5. The number of nitrogens with one attached hydrogen (secondary N) is 1. The lowest BCUT2D eigenvalue weighted by atomic mass is 9.98. The maximum atomic E-state index is 12.9. The van der Waals surface area contributed by atoms with Crippen molar-refractivity contribution in [1.29, 1.82) is 0 Å². The summed E-state index contributed by atoms with van der Waals surface area (Å²) >= 11 is 0. The number of aromatic nitrogens is 3. The van der Waals surface area contributed by atoms with Crippen LogP contribution < -0.4 is 5.43 Å². The predicted molar refractivity (Wildman–Crippen MR) is 131 cm³/mol. The number of aromatic hydroxyl groups is 2. The van der Waals surface area contributed by atoms with E-state index in [4.69, 9.17) is 4.74 Å². The Labute approximate surface area is 204 Å². The molecule has 0 spiro atoms. The highest BCUT2D eigenvalue weighted by molar-refractivity contribution is 5.92. The van der Waals surface area contributed by atoms with Gasteiger partial charge in [0.05, 0.1) is 18.8 Å². The number of hydrogen-bond donors (Lipinski definition) is 3. The van der Waals surface area contributed by atoms with Gasteiger partial charge in [-0.05, 0) is 35.2 Å². The van der Waals surface area contributed by atoms with Gasteiger partial charge in [0.25, 0.3) is 0 Å². The van der Waals surface area contributed by atoms with Gasteiger partial charge in [-0.1, -0.05) is 26.0 Å². The van der Waals surface area contributed by atoms with Gasteiger partial charge in [-0.2, -0.15) is 0 Å². The number of carbonyl (C=O) groups is 1. The number of phenolic OH excluding ortho intramolecular Hbond substituents is 2. The average Bonchev–Trinajstić information content (AvgIpc) is 3.25. The summed E-state index contributed by atoms with van der Waals surface area (Å²) in [5.41, 5.74) is 5.55. The van der Waals surface area contributed by atoms with Gasteiger partial charge in [0.1, 0.15) is 11.5 Å². The number of hydrogen-bond acceptors (Lipinski definition) is 8. The molecule has 10 heteroatoms. The third-order valence-electron chi connectivity index (χ3n) is 5.90. The smallest absolute Gasteiger partial charge is 0.303 e. The molecule has 1 aliphatic heterocycles. The van der Waals surface area contributed by atoms with Crippen molar-refractivity contribution >= 4 is 5.91 Å². The molecule has 1 saturated heterocycles. The lowest BCUT2D eigenvalue weighted by Gasteiger charge is -2.26. The summed E-state index contributed by atoms with van der Waals surface area (Å²) in [6, 6.07) is 10.8. The second kappa shape index (κ2) is 10.4. The highest BCUT2D eigenvalue weighted by Crippen LogP contribution is 2.38. The lowest BCUT2D eigenvalue weighted by molar-refractivity contribution is 0.0342. The quantitative estimate of drug-likeness (QED) is 0.442. The van der Waals surface area contributed by atoms with Crippen LogP contribution in [0, 0.1) is 0 Å². The second-order valence-electron chi connectivity index (χ2n) is 9.16. The molecule has 2 aromatic carbocycles. The topological polar surface area (TPSA) is 116 Å². The number of morpholine rings is 1. The monoisotopic (exact) mass is 480 g/mol. The number of phenols is 2. The van der Waals surface area contributed by atoms with Crippen LogP contribution in [0.2, 0.25) is 0 Å². The number of ether oxygens (including phenoxy) is 1. The van der Waals surface area contributed by atoms with Gasteiger partial charge in [-0.25, -0.2) is 5.01 Å². The Morgan fingerprint density at radius 2 is 1.77 bits per heavy atom. The Morgan fingerprint density at radius 1 is 1.09 bits per heavy atom. The van der Waals surface area contributed by atoms with Crippen LogP contribution in [0.25, 0.3) is 17.1 Å². The van der Waals surface area contributed by atoms with Gasteiger partial charge in [0.2, 0.25) is 5.82 Å². The minimum Gasteiger partial charge on any atom is -0.508 e. The van der Waals surface area contributed by atoms with Gasteiger partial charge in [0.15, 0.2) is 5.82 Å². The van der Waals surface area contributed by atoms with Crippen LogP contribution in [-0.4, -0.2) is 81.2 Å². The molecular formula is C25H32N6O4. The maximum Gasteiger partial charge on any atom is 0.303 e. The molecule has 4 rings (SSSR count). The molecular weight excluding hydrogens is 448 g/mol. The first-order valence-electron chi connectivity index (χ1n) is 11.6. The third kappa shape index (κ3) is 5.45. The molecule has 0 bridgehead atoms. The van der Waals surface area contributed by atoms with E-state index in [1.807, 2.05) is 38.1 Å². The van der Waals surface area contributed by atoms with Crippen molar-refractivity contribution in [2.75, 3.05) is 40.4 Å². The fourth-order valence-corrected chi connectivity index (χ4v) is 4.11. The molecule has 1 aliphatic rings. The van der Waals surface area contributed by atoms with Gasteiger partial charge in [-0.3, -0.25) is 19.7 Å². The van der Waals surface area contributed by atoms with Crippen LogP contribution >= 0.6 is 0 Å². The Kier molecular flexibility index (Phi) is 7.34. The zero-order valence-corrected chi connectivity index (χ0v) is 20.5. The van der Waals surface area contributed by atoms with Crippen molar-refractivity contribution in [2.45, 2.75) is 26.3 Å². The van der Waals surface area contributed by atoms with Gasteiger partial charge >= 0.3 is 5.91 Å². The molecule has 35 heavy (non-hydrogen) atoms. The number of rotatable bonds is 7. The van der Waals surface area contributed by atoms with E-state index in [1.165, 1.54) is 11.1 Å². The molecule has 2 heterocycles. The predicted octanol–water partition coefficient (Wildman–Crippen LogP) is 2.51. The van der Waals surface area contributed by atoms with Crippen molar-refractivity contribution in [2.24, 2.45) is 0 Å². The van der Waals surface area contributed by atoms with Crippen LogP contribution in [-0.2, 0) is 11.3 Å². The molecule has 0 aliphatic carbocycles. The minimum absolute atomic E-state index is 0.00496. The van der Waals surface area contributed by atoms with Crippen molar-refractivity contribution in [3.63, 3.8) is 0 Å². The first-order chi connectivity index (χ1) is 16.7. The third-order valence-corrected chi connectivity index (χ3v) is 5.90. The highest BCUT2D eigenvalue weighted by Gasteiger charge is 2.25. The molecule has 1 aromatic heterocycles. The van der Waals surface area contributed by atoms with Gasteiger partial charge in [-0.15, -0.1) is 10.2 Å². The van der Waals surface area contributed by atoms with E-state index in [-0.39, 0.29) is 23.2 Å². The number of hydrazine groups is 1. The summed E-state index contributed by atoms with van der Waals surface area (Å²) in [6.45, 7) is 7.97. The largest absolute Gasteiger partial charge is 0.508 e. The average molecular weight is 481 g/mol. The van der Waals surface area contributed by atoms with Crippen LogP contribution in [0.15, 0.2) is 36.4 Å². The van der Waals surface area contributed by atoms with Crippen LogP contribution in [0.3, 0.4) is 0 Å². The maximum absolute atomic E-state index is 12.9. The highest BCUT2D eigenvalue weighted by atomic mass is 16.5. The van der Waals surface area contributed by atoms with E-state index in [1.54, 1.807) is 24.7 Å². The first-order valence-corrected chi connectivity index (χ1v) is 11.6. The van der Waals surface area contributed by atoms with E-state index in [0.29, 0.717) is 22.6 Å². The van der Waals surface area contributed by atoms with E-state index >= 15 is 0 Å². The summed E-state index contributed by atoms with van der Waals surface area (Å²) in [4.78, 5) is 15.3. The molecule has 0 saturated carbocycles. The number of carbonyl (C=O) groups excluding carboxylic acids is 1. The molecule has 0 radical (unpaired) electrons. The second-order valence-corrected chi connectivity index (χ2v) is 9.16. The molecule has 1 fully saturated rings. The molecule has 3 N–H and O–H groups in total. The zero-order chi connectivity index (χ0) is 25.1. The summed E-state index contributed by atoms with van der Waals surface area (Å²) < 4.78 is 7.05. The van der Waals surface area contributed by atoms with Crippen molar-refractivity contribution in [3.05, 3.63) is 53.3 Å². The number of amides is 1. The van der Waals surface area contributed by atoms with Crippen molar-refractivity contribution in [1.82, 2.24) is 30.1 Å². The number of benzene rings is 2. The summed E-state index contributed by atoms with van der Waals surface area (Å²) in [5.74, 6) is -0.188. The molecule has 1 amide bonds. The van der Waals surface area contributed by atoms with Crippen LogP contribution in [0.1, 0.15) is 41.5 Å². The fraction of sp³-hybridized carbons (Fsp3) is 0.400. The van der Waals surface area contributed by atoms with E-state index in [0.717, 1.165) is 38.4 Å². The normalized spacial score (nSPS) is 14.6. The Balaban J connectivity index is 1.77. The van der Waals surface area contributed by atoms with Gasteiger partial charge in [0, 0.05) is 45.5 Å². The SMILES string of the molecule is CC(C)c1cc(-c2nnc(C(=O)NN(C)C)n2-c2ccc(CN3CCOCC3)cc2)c(O)cc1O. The van der Waals surface area contributed by atoms with Crippen LogP contribution in [0.4, 0.5) is 0 Å². The molecule has 0 atom stereocenters. The van der Waals surface area contributed by atoms with E-state index in [9.17, 15) is 15.0 Å². The first kappa shape index (κ1) is 24.6. The van der Waals surface area contributed by atoms with E-state index in [2.05, 4.69) is 20.5 Å². The summed E-state index contributed by atoms with van der Waals surface area (Å²) in [6.07, 6.45) is 0. The molecule has 186 valence electrons. The molecule has 3 aromatic rings. The van der Waals surface area contributed by atoms with Crippen LogP contribution in [0.5, 0.6) is 11.5 Å². The summed E-state index contributed by atoms with van der Waals surface area (Å²) in [7, 11) is 3.42. The Morgan fingerprint density at radius 3 is 2.40 bits per heavy atom. The fourth-order valence-electron chi connectivity index (χ4n) is 4.11. The molecule has 10 nitrogen and oxygen atoms in total. The zero-order valence-electron chi connectivity index (χ0n) is 20.5. The lowest BCUT2D eigenvalue weighted by Crippen LogP contribution is -2.37. The standard InChI is InChI=1S/C25H32N6O4/c1-16(2)19-13-20(22(33)14-21(19)32)23-26-27-24(25(34)28-29(3)4)31(23)18-7-5-17(6-8-18)15-30-9-11-35-12-10-30/h5-8,13-14,16,32-33H,9-12,15H2,1-4H3,(H,28,34). The van der Waals surface area contributed by atoms with E-state index < -0.39 is 5.91 Å². The van der Waals surface area contributed by atoms with Gasteiger partial charge < -0.3 is 14.9 Å².